The summed E-state index contributed by atoms with van der Waals surface area (Å²) >= 11 is 4.05. The van der Waals surface area contributed by atoms with E-state index in [2.05, 4.69) is 23.0 Å². The second-order valence-electron chi connectivity index (χ2n) is 6.23. The van der Waals surface area contributed by atoms with Crippen LogP contribution in [-0.2, 0) is 14.8 Å². The summed E-state index contributed by atoms with van der Waals surface area (Å²) in [6.45, 7) is 3.98. The zero-order valence-corrected chi connectivity index (χ0v) is 15.9. The van der Waals surface area contributed by atoms with E-state index >= 15 is 0 Å². The van der Waals surface area contributed by atoms with Crippen LogP contribution in [0.25, 0.3) is 0 Å². The average Bonchev–Trinajstić information content (AvgIpc) is 2.67. The minimum atomic E-state index is -3.95. The number of anilines is 1. The van der Waals surface area contributed by atoms with E-state index in [0.717, 1.165) is 0 Å². The van der Waals surface area contributed by atoms with Crippen molar-refractivity contribution >= 4 is 34.4 Å². The third kappa shape index (κ3) is 5.48. The standard InChI is InChI=1S/C17H21N3O3S2/c1-17(2)11-4-5-13(10-12-17)16(21)19-25(22,23)15-8-6-14(7-9-15)18-20(3)24/h4-12,18,24H,1-3H3,(H,19,21). The van der Waals surface area contributed by atoms with E-state index in [0.29, 0.717) is 5.69 Å². The Kier molecular flexibility index (Phi) is 5.76. The van der Waals surface area contributed by atoms with Crippen molar-refractivity contribution in [3.05, 3.63) is 60.2 Å². The van der Waals surface area contributed by atoms with Crippen LogP contribution in [0.3, 0.4) is 0 Å². The molecule has 8 heteroatoms. The van der Waals surface area contributed by atoms with Crippen molar-refractivity contribution in [2.75, 3.05) is 12.5 Å². The highest BCUT2D eigenvalue weighted by Gasteiger charge is 2.20. The Bertz CT molecular complexity index is 836. The topological polar surface area (TPSA) is 78.5 Å². The maximum atomic E-state index is 12.4. The quantitative estimate of drug-likeness (QED) is 0.542. The summed E-state index contributed by atoms with van der Waals surface area (Å²) in [4.78, 5) is 12.3. The molecule has 0 fully saturated rings. The summed E-state index contributed by atoms with van der Waals surface area (Å²) in [5.74, 6) is -0.670. The third-order valence-electron chi connectivity index (χ3n) is 3.44. The number of thiol groups is 1. The molecule has 1 amide bonds. The molecular formula is C17H21N3O3S2. The molecule has 2 rings (SSSR count). The van der Waals surface area contributed by atoms with Gasteiger partial charge in [-0.1, -0.05) is 51.0 Å². The lowest BCUT2D eigenvalue weighted by atomic mass is 9.93. The molecule has 134 valence electrons. The fourth-order valence-corrected chi connectivity index (χ4v) is 3.19. The number of carbonyl (C=O) groups excluding carboxylic acids is 1. The Labute approximate surface area is 153 Å². The van der Waals surface area contributed by atoms with E-state index in [4.69, 9.17) is 0 Å². The predicted molar refractivity (Wildman–Crippen MR) is 102 cm³/mol. The van der Waals surface area contributed by atoms with Crippen LogP contribution < -0.4 is 10.1 Å². The minimum absolute atomic E-state index is 0.00212. The molecule has 0 heterocycles. The zero-order valence-electron chi connectivity index (χ0n) is 14.2. The first kappa shape index (κ1) is 19.3. The Morgan fingerprint density at radius 3 is 2.40 bits per heavy atom. The summed E-state index contributed by atoms with van der Waals surface area (Å²) in [5.41, 5.74) is 3.63. The van der Waals surface area contributed by atoms with E-state index in [1.54, 1.807) is 37.4 Å². The van der Waals surface area contributed by atoms with Crippen molar-refractivity contribution in [3.63, 3.8) is 0 Å². The van der Waals surface area contributed by atoms with Gasteiger partial charge in [-0.15, -0.1) is 0 Å². The molecule has 1 aromatic rings. The lowest BCUT2D eigenvalue weighted by Crippen LogP contribution is -2.31. The minimum Gasteiger partial charge on any atom is -0.310 e. The number of hydrogen-bond donors (Lipinski definition) is 3. The van der Waals surface area contributed by atoms with Crippen LogP contribution in [0.15, 0.2) is 65.1 Å². The van der Waals surface area contributed by atoms with Crippen molar-refractivity contribution in [1.82, 2.24) is 9.14 Å². The molecule has 0 unspecified atom stereocenters. The van der Waals surface area contributed by atoms with Crippen LogP contribution in [-0.4, -0.2) is 25.8 Å². The largest absolute Gasteiger partial charge is 0.310 e. The summed E-state index contributed by atoms with van der Waals surface area (Å²) < 4.78 is 28.3. The van der Waals surface area contributed by atoms with Crippen molar-refractivity contribution in [2.24, 2.45) is 5.41 Å². The van der Waals surface area contributed by atoms with E-state index < -0.39 is 15.9 Å². The summed E-state index contributed by atoms with van der Waals surface area (Å²) in [6, 6.07) is 5.99. The molecule has 6 nitrogen and oxygen atoms in total. The summed E-state index contributed by atoms with van der Waals surface area (Å²) in [5, 5.41) is 0. The molecular weight excluding hydrogens is 358 g/mol. The molecule has 0 spiro atoms. The van der Waals surface area contributed by atoms with Gasteiger partial charge in [0.25, 0.3) is 15.9 Å². The highest BCUT2D eigenvalue weighted by atomic mass is 32.2. The predicted octanol–water partition coefficient (Wildman–Crippen LogP) is 2.67. The Morgan fingerprint density at radius 1 is 1.16 bits per heavy atom. The van der Waals surface area contributed by atoms with Gasteiger partial charge in [0.2, 0.25) is 0 Å². The van der Waals surface area contributed by atoms with Gasteiger partial charge in [0, 0.05) is 23.7 Å². The second-order valence-corrected chi connectivity index (χ2v) is 8.51. The van der Waals surface area contributed by atoms with Crippen molar-refractivity contribution in [2.45, 2.75) is 18.7 Å². The van der Waals surface area contributed by atoms with Gasteiger partial charge in [-0.3, -0.25) is 4.79 Å². The van der Waals surface area contributed by atoms with E-state index in [1.165, 1.54) is 16.5 Å². The lowest BCUT2D eigenvalue weighted by molar-refractivity contribution is -0.115. The first-order valence-electron chi connectivity index (χ1n) is 7.54. The number of amides is 1. The number of nitrogens with zero attached hydrogens (tertiary/aromatic N) is 1. The number of allylic oxidation sites excluding steroid dienone is 4. The van der Waals surface area contributed by atoms with E-state index in [-0.39, 0.29) is 15.9 Å². The van der Waals surface area contributed by atoms with Crippen molar-refractivity contribution in [3.8, 4) is 0 Å². The van der Waals surface area contributed by atoms with Gasteiger partial charge in [0.05, 0.1) is 4.90 Å². The molecule has 0 saturated heterocycles. The second kappa shape index (κ2) is 7.47. The molecule has 0 radical (unpaired) electrons. The molecule has 0 saturated carbocycles. The Morgan fingerprint density at radius 2 is 1.80 bits per heavy atom. The van der Waals surface area contributed by atoms with Gasteiger partial charge in [-0.05, 0) is 30.3 Å². The molecule has 25 heavy (non-hydrogen) atoms. The van der Waals surface area contributed by atoms with Crippen LogP contribution in [0.1, 0.15) is 13.8 Å². The van der Waals surface area contributed by atoms with Gasteiger partial charge in [-0.25, -0.2) is 13.1 Å². The van der Waals surface area contributed by atoms with Gasteiger partial charge < -0.3 is 5.43 Å². The SMILES string of the molecule is CN(S)Nc1ccc(S(=O)(=O)NC(=O)C2=CC=CC(C)(C)C=C2)cc1. The molecule has 2 N–H and O–H groups in total. The first-order valence-corrected chi connectivity index (χ1v) is 9.43. The van der Waals surface area contributed by atoms with Crippen molar-refractivity contribution < 1.29 is 13.2 Å². The number of hydrogen-bond acceptors (Lipinski definition) is 6. The normalized spacial score (nSPS) is 16.3. The molecule has 1 aliphatic carbocycles. The van der Waals surface area contributed by atoms with Crippen LogP contribution >= 0.6 is 12.8 Å². The number of benzene rings is 1. The third-order valence-corrected chi connectivity index (χ3v) is 4.89. The molecule has 0 aromatic heterocycles. The van der Waals surface area contributed by atoms with Gasteiger partial charge >= 0.3 is 0 Å². The number of carbonyl (C=O) groups is 1. The highest BCUT2D eigenvalue weighted by Crippen LogP contribution is 2.23. The number of sulfonamides is 1. The van der Waals surface area contributed by atoms with E-state index in [1.807, 2.05) is 26.0 Å². The average molecular weight is 380 g/mol. The highest BCUT2D eigenvalue weighted by molar-refractivity contribution is 7.90. The van der Waals surface area contributed by atoms with Crippen LogP contribution in [0.2, 0.25) is 0 Å². The zero-order chi connectivity index (χ0) is 18.7. The fourth-order valence-electron chi connectivity index (χ4n) is 2.10. The van der Waals surface area contributed by atoms with Gasteiger partial charge in [0.1, 0.15) is 0 Å². The Hall–Kier alpha value is -2.03. The fraction of sp³-hybridized carbons (Fsp3) is 0.235. The molecule has 0 atom stereocenters. The van der Waals surface area contributed by atoms with Gasteiger partial charge in [0.15, 0.2) is 0 Å². The van der Waals surface area contributed by atoms with Gasteiger partial charge in [-0.2, -0.15) is 4.41 Å². The molecule has 1 aromatic carbocycles. The first-order chi connectivity index (χ1) is 11.6. The maximum Gasteiger partial charge on any atom is 0.264 e. The molecule has 0 bridgehead atoms. The maximum absolute atomic E-state index is 12.4. The molecule has 1 aliphatic rings. The summed E-state index contributed by atoms with van der Waals surface area (Å²) in [7, 11) is -2.26. The monoisotopic (exact) mass is 379 g/mol. The van der Waals surface area contributed by atoms with Crippen LogP contribution in [0.5, 0.6) is 0 Å². The van der Waals surface area contributed by atoms with E-state index in [9.17, 15) is 13.2 Å². The number of hydrazine groups is 1. The van der Waals surface area contributed by atoms with Crippen LogP contribution in [0, 0.1) is 5.41 Å². The summed E-state index contributed by atoms with van der Waals surface area (Å²) in [6.07, 6.45) is 8.74. The molecule has 0 aliphatic heterocycles. The smallest absolute Gasteiger partial charge is 0.264 e. The van der Waals surface area contributed by atoms with Crippen LogP contribution in [0.4, 0.5) is 5.69 Å². The van der Waals surface area contributed by atoms with Crippen molar-refractivity contribution in [1.29, 1.82) is 0 Å². The number of nitrogens with one attached hydrogen (secondary N) is 2. The lowest BCUT2D eigenvalue weighted by Gasteiger charge is -2.13. The Balaban J connectivity index is 2.14. The number of rotatable bonds is 5.